The third-order valence-corrected chi connectivity index (χ3v) is 11.2. The van der Waals surface area contributed by atoms with Crippen molar-refractivity contribution in [3.63, 3.8) is 0 Å². The molecular formula is C52H54N4O2. The molecule has 0 aliphatic carbocycles. The van der Waals surface area contributed by atoms with Crippen molar-refractivity contribution in [1.82, 2.24) is 0 Å². The van der Waals surface area contributed by atoms with Crippen LogP contribution in [0.2, 0.25) is 0 Å². The fourth-order valence-corrected chi connectivity index (χ4v) is 8.02. The zero-order chi connectivity index (χ0) is 39.5. The highest BCUT2D eigenvalue weighted by Crippen LogP contribution is 2.40. The second-order valence-corrected chi connectivity index (χ2v) is 15.5. The minimum absolute atomic E-state index is 0.135. The number of rotatable bonds is 17. The quantitative estimate of drug-likeness (QED) is 0.0868. The van der Waals surface area contributed by atoms with Gasteiger partial charge in [-0.1, -0.05) is 146 Å². The van der Waals surface area contributed by atoms with Crippen molar-refractivity contribution in [1.29, 1.82) is 0 Å². The summed E-state index contributed by atoms with van der Waals surface area (Å²) < 4.78 is 12.9. The van der Waals surface area contributed by atoms with Crippen molar-refractivity contribution in [2.75, 3.05) is 23.2 Å². The van der Waals surface area contributed by atoms with E-state index in [0.29, 0.717) is 13.2 Å². The number of hydrogen-bond donors (Lipinski definition) is 0. The number of anilines is 2. The Morgan fingerprint density at radius 2 is 0.793 bits per heavy atom. The molecule has 58 heavy (non-hydrogen) atoms. The third-order valence-electron chi connectivity index (χ3n) is 11.2. The summed E-state index contributed by atoms with van der Waals surface area (Å²) >= 11 is 0. The van der Waals surface area contributed by atoms with Gasteiger partial charge in [0.25, 0.3) is 0 Å². The summed E-state index contributed by atoms with van der Waals surface area (Å²) in [5.41, 5.74) is 11.5. The lowest BCUT2D eigenvalue weighted by Gasteiger charge is -2.24. The summed E-state index contributed by atoms with van der Waals surface area (Å²) in [6, 6.07) is 55.7. The topological polar surface area (TPSA) is 49.7 Å². The standard InChI is InChI=1S/C52H54N4O2/c1-39-27-31-41(32-28-39)49-37-47(53-55(49)43-19-9-7-10-20-43)45-23-13-15-25-51(45)57-35-17-5-3-4-6-18-36-58-52-26-16-14-24-46(52)48-38-50(42-33-29-40(2)30-34-42)56(54-48)44-21-11-8-12-22-44/h7-16,19-34,49-50H,3-6,17-18,35-38H2,1-2H3. The minimum atomic E-state index is 0.135. The van der Waals surface area contributed by atoms with E-state index in [2.05, 4.69) is 182 Å². The Kier molecular flexibility index (Phi) is 12.6. The van der Waals surface area contributed by atoms with E-state index in [9.17, 15) is 0 Å². The fraction of sp³-hybridized carbons (Fsp3) is 0.269. The Morgan fingerprint density at radius 1 is 0.431 bits per heavy atom. The molecule has 6 nitrogen and oxygen atoms in total. The van der Waals surface area contributed by atoms with Crippen LogP contribution in [0.3, 0.4) is 0 Å². The number of nitrogens with zero attached hydrogens (tertiary/aromatic N) is 4. The summed E-state index contributed by atoms with van der Waals surface area (Å²) in [4.78, 5) is 0. The van der Waals surface area contributed by atoms with Crippen molar-refractivity contribution in [2.45, 2.75) is 77.3 Å². The molecule has 0 bridgehead atoms. The first-order valence-electron chi connectivity index (χ1n) is 21.0. The summed E-state index contributed by atoms with van der Waals surface area (Å²) in [6.07, 6.45) is 8.36. The average Bonchev–Trinajstić information content (AvgIpc) is 3.92. The first kappa shape index (κ1) is 38.7. The molecule has 294 valence electrons. The molecule has 0 saturated carbocycles. The molecule has 0 saturated heterocycles. The van der Waals surface area contributed by atoms with Crippen molar-refractivity contribution < 1.29 is 9.47 Å². The molecule has 8 rings (SSSR count). The zero-order valence-corrected chi connectivity index (χ0v) is 33.8. The van der Waals surface area contributed by atoms with Crippen LogP contribution in [0.1, 0.15) is 96.8 Å². The highest BCUT2D eigenvalue weighted by atomic mass is 16.5. The number of hydrazone groups is 2. The molecule has 2 heterocycles. The molecule has 2 unspecified atom stereocenters. The van der Waals surface area contributed by atoms with Gasteiger partial charge < -0.3 is 9.47 Å². The molecular weight excluding hydrogens is 713 g/mol. The van der Waals surface area contributed by atoms with Gasteiger partial charge in [0.15, 0.2) is 0 Å². The Hall–Kier alpha value is -6.14. The Bertz CT molecular complexity index is 2120. The van der Waals surface area contributed by atoms with Gasteiger partial charge in [0.2, 0.25) is 0 Å². The first-order valence-corrected chi connectivity index (χ1v) is 21.0. The van der Waals surface area contributed by atoms with Crippen LogP contribution in [0, 0.1) is 13.8 Å². The smallest absolute Gasteiger partial charge is 0.128 e. The van der Waals surface area contributed by atoms with E-state index in [0.717, 1.165) is 83.9 Å². The molecule has 0 fully saturated rings. The van der Waals surface area contributed by atoms with Gasteiger partial charge in [-0.3, -0.25) is 10.0 Å². The molecule has 0 aromatic heterocycles. The maximum atomic E-state index is 6.43. The van der Waals surface area contributed by atoms with E-state index in [1.54, 1.807) is 0 Å². The normalized spacial score (nSPS) is 16.3. The molecule has 0 amide bonds. The lowest BCUT2D eigenvalue weighted by atomic mass is 9.97. The number of unbranched alkanes of at least 4 members (excludes halogenated alkanes) is 5. The Balaban J connectivity index is 0.799. The molecule has 6 aromatic carbocycles. The van der Waals surface area contributed by atoms with Crippen LogP contribution in [0.5, 0.6) is 11.5 Å². The molecule has 2 aliphatic heterocycles. The second-order valence-electron chi connectivity index (χ2n) is 15.5. The minimum Gasteiger partial charge on any atom is -0.493 e. The average molecular weight is 767 g/mol. The molecule has 2 aliphatic rings. The molecule has 0 radical (unpaired) electrons. The summed E-state index contributed by atoms with van der Waals surface area (Å²) in [7, 11) is 0. The molecule has 6 aromatic rings. The van der Waals surface area contributed by atoms with Crippen molar-refractivity contribution >= 4 is 22.8 Å². The Morgan fingerprint density at radius 3 is 1.21 bits per heavy atom. The van der Waals surface area contributed by atoms with E-state index >= 15 is 0 Å². The van der Waals surface area contributed by atoms with Gasteiger partial charge in [-0.15, -0.1) is 0 Å². The summed E-state index contributed by atoms with van der Waals surface area (Å²) in [5, 5.41) is 14.7. The SMILES string of the molecule is Cc1ccc(C2CC(c3ccccc3OCCCCCCCCOc3ccccc3C3=NN(c4ccccc4)C(c4ccc(C)cc4)C3)=NN2c2ccccc2)cc1. The monoisotopic (exact) mass is 766 g/mol. The molecule has 0 spiro atoms. The van der Waals surface area contributed by atoms with E-state index in [1.165, 1.54) is 35.1 Å². The fourth-order valence-electron chi connectivity index (χ4n) is 8.02. The maximum Gasteiger partial charge on any atom is 0.128 e. The number of aryl methyl sites for hydroxylation is 2. The first-order chi connectivity index (χ1) is 28.6. The van der Waals surface area contributed by atoms with Crippen molar-refractivity contribution in [2.24, 2.45) is 10.2 Å². The van der Waals surface area contributed by atoms with E-state index in [1.807, 2.05) is 0 Å². The van der Waals surface area contributed by atoms with Gasteiger partial charge in [-0.2, -0.15) is 10.2 Å². The lowest BCUT2D eigenvalue weighted by molar-refractivity contribution is 0.296. The van der Waals surface area contributed by atoms with Crippen LogP contribution in [0.25, 0.3) is 0 Å². The summed E-state index contributed by atoms with van der Waals surface area (Å²) in [6.45, 7) is 5.66. The van der Waals surface area contributed by atoms with Crippen LogP contribution in [-0.4, -0.2) is 24.6 Å². The van der Waals surface area contributed by atoms with E-state index < -0.39 is 0 Å². The summed E-state index contributed by atoms with van der Waals surface area (Å²) in [5.74, 6) is 1.83. The van der Waals surface area contributed by atoms with Gasteiger partial charge >= 0.3 is 0 Å². The van der Waals surface area contributed by atoms with E-state index in [4.69, 9.17) is 19.7 Å². The number of ether oxygens (including phenoxy) is 2. The molecule has 2 atom stereocenters. The highest BCUT2D eigenvalue weighted by molar-refractivity contribution is 6.06. The zero-order valence-electron chi connectivity index (χ0n) is 33.8. The van der Waals surface area contributed by atoms with E-state index in [-0.39, 0.29) is 12.1 Å². The lowest BCUT2D eigenvalue weighted by Crippen LogP contribution is -2.18. The van der Waals surface area contributed by atoms with Gasteiger partial charge in [-0.05, 0) is 86.3 Å². The van der Waals surface area contributed by atoms with Crippen LogP contribution < -0.4 is 19.5 Å². The van der Waals surface area contributed by atoms with Gasteiger partial charge in [0.1, 0.15) is 11.5 Å². The van der Waals surface area contributed by atoms with Crippen LogP contribution in [0.4, 0.5) is 11.4 Å². The van der Waals surface area contributed by atoms with Gasteiger partial charge in [0, 0.05) is 24.0 Å². The molecule has 6 heteroatoms. The number of hydrogen-bond acceptors (Lipinski definition) is 6. The molecule has 0 N–H and O–H groups in total. The maximum absolute atomic E-state index is 6.43. The number of para-hydroxylation sites is 4. The Labute approximate surface area is 344 Å². The van der Waals surface area contributed by atoms with Crippen LogP contribution in [0.15, 0.2) is 168 Å². The van der Waals surface area contributed by atoms with Crippen molar-refractivity contribution in [3.05, 3.63) is 191 Å². The second kappa shape index (κ2) is 18.9. The van der Waals surface area contributed by atoms with Gasteiger partial charge in [0.05, 0.1) is 48.1 Å². The third kappa shape index (κ3) is 9.34. The largest absolute Gasteiger partial charge is 0.493 e. The van der Waals surface area contributed by atoms with Gasteiger partial charge in [-0.25, -0.2) is 0 Å². The predicted molar refractivity (Wildman–Crippen MR) is 240 cm³/mol. The predicted octanol–water partition coefficient (Wildman–Crippen LogP) is 12.8. The van der Waals surface area contributed by atoms with Crippen LogP contribution in [-0.2, 0) is 0 Å². The van der Waals surface area contributed by atoms with Crippen molar-refractivity contribution in [3.8, 4) is 11.5 Å². The van der Waals surface area contributed by atoms with Crippen LogP contribution >= 0.6 is 0 Å². The highest BCUT2D eigenvalue weighted by Gasteiger charge is 2.32. The number of benzene rings is 6.